The van der Waals surface area contributed by atoms with Gasteiger partial charge >= 0.3 is 0 Å². The van der Waals surface area contributed by atoms with Gasteiger partial charge in [0.25, 0.3) is 5.91 Å². The molecule has 3 heterocycles. The third-order valence-corrected chi connectivity index (χ3v) is 5.58. The number of fused-ring (bicyclic) bond motifs is 4. The molecule has 2 aliphatic rings. The molecule has 2 atom stereocenters. The van der Waals surface area contributed by atoms with Crippen LogP contribution in [0.2, 0.25) is 0 Å². The molecule has 0 spiro atoms. The Morgan fingerprint density at radius 2 is 1.96 bits per heavy atom. The van der Waals surface area contributed by atoms with Gasteiger partial charge in [0.15, 0.2) is 0 Å². The molecule has 0 saturated carbocycles. The van der Waals surface area contributed by atoms with Gasteiger partial charge in [0, 0.05) is 24.4 Å². The van der Waals surface area contributed by atoms with E-state index in [1.165, 1.54) is 11.3 Å². The first-order valence-corrected chi connectivity index (χ1v) is 9.13. The first-order chi connectivity index (χ1) is 13.2. The van der Waals surface area contributed by atoms with E-state index in [-0.39, 0.29) is 5.91 Å². The average molecular weight is 354 g/mol. The van der Waals surface area contributed by atoms with E-state index in [0.717, 1.165) is 23.0 Å². The quantitative estimate of drug-likeness (QED) is 0.704. The van der Waals surface area contributed by atoms with E-state index in [2.05, 4.69) is 41.1 Å². The second-order valence-corrected chi connectivity index (χ2v) is 7.22. The molecule has 5 nitrogen and oxygen atoms in total. The van der Waals surface area contributed by atoms with Gasteiger partial charge < -0.3 is 4.90 Å². The summed E-state index contributed by atoms with van der Waals surface area (Å²) in [4.78, 5) is 19.7. The lowest BCUT2D eigenvalue weighted by Gasteiger charge is -2.29. The Morgan fingerprint density at radius 3 is 2.81 bits per heavy atom. The number of hydrogen-bond donors (Lipinski definition) is 0. The smallest absolute Gasteiger partial charge is 0.256 e. The standard InChI is InChI=1S/C22H18N4O/c1-14-10-15-6-2-4-8-19(15)25(14)13-16-11-21(27)26-20-9-5-3-7-18(20)24-22(26)17(16)12-23/h2-9,11,14,17H,10,13H2,1H3/t14-,17-/m1/s1. The number of carbonyl (C=O) groups is 1. The maximum absolute atomic E-state index is 12.9. The molecule has 0 aliphatic carbocycles. The summed E-state index contributed by atoms with van der Waals surface area (Å²) in [5.74, 6) is -0.114. The Balaban J connectivity index is 1.57. The van der Waals surface area contributed by atoms with Crippen molar-refractivity contribution in [2.45, 2.75) is 25.3 Å². The molecule has 132 valence electrons. The largest absolute Gasteiger partial charge is 0.364 e. The fourth-order valence-electron chi connectivity index (χ4n) is 4.29. The number of nitriles is 1. The Labute approximate surface area is 157 Å². The van der Waals surface area contributed by atoms with Gasteiger partial charge in [-0.15, -0.1) is 0 Å². The normalized spacial score (nSPS) is 21.0. The van der Waals surface area contributed by atoms with Crippen LogP contribution in [0.25, 0.3) is 11.0 Å². The van der Waals surface area contributed by atoms with E-state index in [0.29, 0.717) is 18.4 Å². The zero-order chi connectivity index (χ0) is 18.5. The van der Waals surface area contributed by atoms with Crippen LogP contribution in [-0.4, -0.2) is 28.0 Å². The van der Waals surface area contributed by atoms with Crippen molar-refractivity contribution in [1.29, 1.82) is 5.26 Å². The molecule has 2 aromatic carbocycles. The molecule has 0 N–H and O–H groups in total. The fraction of sp³-hybridized carbons (Fsp3) is 0.227. The molecule has 27 heavy (non-hydrogen) atoms. The van der Waals surface area contributed by atoms with Crippen molar-refractivity contribution in [3.8, 4) is 6.07 Å². The zero-order valence-corrected chi connectivity index (χ0v) is 15.0. The number of imidazole rings is 1. The number of hydrogen-bond acceptors (Lipinski definition) is 4. The van der Waals surface area contributed by atoms with Crippen LogP contribution in [0, 0.1) is 11.3 Å². The summed E-state index contributed by atoms with van der Waals surface area (Å²) in [6, 6.07) is 18.6. The Morgan fingerprint density at radius 1 is 1.19 bits per heavy atom. The maximum Gasteiger partial charge on any atom is 0.256 e. The van der Waals surface area contributed by atoms with Crippen molar-refractivity contribution >= 4 is 22.6 Å². The highest BCUT2D eigenvalue weighted by Gasteiger charge is 2.34. The number of nitrogens with zero attached hydrogens (tertiary/aromatic N) is 4. The van der Waals surface area contributed by atoms with Gasteiger partial charge in [0.2, 0.25) is 0 Å². The summed E-state index contributed by atoms with van der Waals surface area (Å²) in [6.07, 6.45) is 2.61. The molecule has 1 aromatic heterocycles. The lowest BCUT2D eigenvalue weighted by molar-refractivity contribution is 0.0964. The number of para-hydroxylation sites is 3. The number of aromatic nitrogens is 2. The minimum atomic E-state index is -0.518. The minimum absolute atomic E-state index is 0.125. The summed E-state index contributed by atoms with van der Waals surface area (Å²) in [6.45, 7) is 2.74. The van der Waals surface area contributed by atoms with E-state index in [4.69, 9.17) is 0 Å². The van der Waals surface area contributed by atoms with Gasteiger partial charge in [-0.25, -0.2) is 4.98 Å². The van der Waals surface area contributed by atoms with Crippen LogP contribution in [0.3, 0.4) is 0 Å². The Bertz CT molecular complexity index is 1150. The van der Waals surface area contributed by atoms with Crippen LogP contribution in [0.1, 0.15) is 29.0 Å². The van der Waals surface area contributed by atoms with Crippen molar-refractivity contribution in [2.75, 3.05) is 11.4 Å². The van der Waals surface area contributed by atoms with Gasteiger partial charge in [-0.1, -0.05) is 30.3 Å². The lowest BCUT2D eigenvalue weighted by Crippen LogP contribution is -2.34. The topological polar surface area (TPSA) is 61.9 Å². The molecule has 0 radical (unpaired) electrons. The first-order valence-electron chi connectivity index (χ1n) is 9.13. The molecule has 0 bridgehead atoms. The van der Waals surface area contributed by atoms with Crippen LogP contribution in [0.4, 0.5) is 5.69 Å². The fourth-order valence-corrected chi connectivity index (χ4v) is 4.29. The summed E-state index contributed by atoms with van der Waals surface area (Å²) in [5, 5.41) is 9.88. The average Bonchev–Trinajstić information content (AvgIpc) is 3.20. The van der Waals surface area contributed by atoms with Crippen molar-refractivity contribution in [1.82, 2.24) is 9.55 Å². The molecular weight excluding hydrogens is 336 g/mol. The van der Waals surface area contributed by atoms with Crippen LogP contribution in [-0.2, 0) is 6.42 Å². The molecule has 0 saturated heterocycles. The lowest BCUT2D eigenvalue weighted by atomic mass is 9.95. The summed E-state index contributed by atoms with van der Waals surface area (Å²) < 4.78 is 1.58. The van der Waals surface area contributed by atoms with Gasteiger partial charge in [-0.2, -0.15) is 5.26 Å². The van der Waals surface area contributed by atoms with Crippen LogP contribution in [0.15, 0.2) is 60.2 Å². The number of benzene rings is 2. The van der Waals surface area contributed by atoms with Crippen LogP contribution < -0.4 is 4.90 Å². The maximum atomic E-state index is 12.9. The third-order valence-electron chi connectivity index (χ3n) is 5.58. The van der Waals surface area contributed by atoms with E-state index in [9.17, 15) is 10.1 Å². The van der Waals surface area contributed by atoms with E-state index in [1.54, 1.807) is 10.6 Å². The van der Waals surface area contributed by atoms with Gasteiger partial charge in [0.05, 0.1) is 17.1 Å². The molecule has 0 unspecified atom stereocenters. The number of anilines is 1. The second kappa shape index (κ2) is 5.82. The highest BCUT2D eigenvalue weighted by atomic mass is 16.2. The molecule has 0 amide bonds. The Kier molecular flexibility index (Phi) is 3.41. The number of allylic oxidation sites excluding steroid dienone is 1. The predicted octanol–water partition coefficient (Wildman–Crippen LogP) is 3.67. The molecule has 0 fully saturated rings. The zero-order valence-electron chi connectivity index (χ0n) is 15.0. The molecule has 2 aliphatic heterocycles. The summed E-state index contributed by atoms with van der Waals surface area (Å²) in [5.41, 5.74) is 4.82. The van der Waals surface area contributed by atoms with E-state index < -0.39 is 5.92 Å². The summed E-state index contributed by atoms with van der Waals surface area (Å²) in [7, 11) is 0. The highest BCUT2D eigenvalue weighted by molar-refractivity contribution is 5.99. The van der Waals surface area contributed by atoms with Crippen molar-refractivity contribution in [3.05, 3.63) is 71.6 Å². The molecular formula is C22H18N4O. The molecule has 5 rings (SSSR count). The highest BCUT2D eigenvalue weighted by Crippen LogP contribution is 2.36. The van der Waals surface area contributed by atoms with Crippen molar-refractivity contribution in [3.63, 3.8) is 0 Å². The van der Waals surface area contributed by atoms with Crippen molar-refractivity contribution in [2.24, 2.45) is 0 Å². The van der Waals surface area contributed by atoms with Crippen molar-refractivity contribution < 1.29 is 4.79 Å². The first kappa shape index (κ1) is 15.8. The van der Waals surface area contributed by atoms with Crippen LogP contribution in [0.5, 0.6) is 0 Å². The van der Waals surface area contributed by atoms with Gasteiger partial charge in [0.1, 0.15) is 11.7 Å². The third kappa shape index (κ3) is 2.30. The number of carbonyl (C=O) groups excluding carboxylic acids is 1. The summed E-state index contributed by atoms with van der Waals surface area (Å²) >= 11 is 0. The molecule has 3 aromatic rings. The predicted molar refractivity (Wildman–Crippen MR) is 104 cm³/mol. The Hall–Kier alpha value is -3.39. The minimum Gasteiger partial charge on any atom is -0.364 e. The SMILES string of the molecule is C[C@@H]1Cc2ccccc2N1CC1=CC(=O)n2c(nc3ccccc32)[C@@H]1C#N. The second-order valence-electron chi connectivity index (χ2n) is 7.22. The van der Waals surface area contributed by atoms with Crippen LogP contribution >= 0.6 is 0 Å². The molecule has 5 heteroatoms. The van der Waals surface area contributed by atoms with Gasteiger partial charge in [-0.05, 0) is 42.7 Å². The van der Waals surface area contributed by atoms with Gasteiger partial charge in [-0.3, -0.25) is 9.36 Å². The number of rotatable bonds is 2. The monoisotopic (exact) mass is 354 g/mol. The van der Waals surface area contributed by atoms with E-state index >= 15 is 0 Å². The van der Waals surface area contributed by atoms with E-state index in [1.807, 2.05) is 30.3 Å².